The molecule has 1 unspecified atom stereocenters. The third-order valence-electron chi connectivity index (χ3n) is 5.93. The molecular formula is C22H21N5O. The zero-order valence-electron chi connectivity index (χ0n) is 15.6. The minimum atomic E-state index is -0.0854. The third-order valence-corrected chi connectivity index (χ3v) is 5.93. The first-order chi connectivity index (χ1) is 13.8. The molecule has 1 saturated heterocycles. The van der Waals surface area contributed by atoms with Gasteiger partial charge in [0, 0.05) is 36.5 Å². The van der Waals surface area contributed by atoms with Gasteiger partial charge in [-0.25, -0.2) is 9.97 Å². The number of benzene rings is 1. The van der Waals surface area contributed by atoms with Crippen LogP contribution in [0.1, 0.15) is 41.0 Å². The maximum absolute atomic E-state index is 12.9. The number of amides is 1. The summed E-state index contributed by atoms with van der Waals surface area (Å²) in [7, 11) is 0. The number of fused-ring (bicyclic) bond motifs is 2. The first-order valence-electron chi connectivity index (χ1n) is 9.74. The van der Waals surface area contributed by atoms with Gasteiger partial charge in [-0.1, -0.05) is 30.3 Å². The SMILES string of the molecule is O=C(c1cccnn1)N1CCCC2(CCc3cnc(-c4ccccc4)nc32)C1. The Balaban J connectivity index is 1.48. The summed E-state index contributed by atoms with van der Waals surface area (Å²) in [6.07, 6.45) is 7.56. The molecule has 1 aliphatic heterocycles. The van der Waals surface area contributed by atoms with E-state index in [2.05, 4.69) is 15.2 Å². The van der Waals surface area contributed by atoms with Crippen molar-refractivity contribution in [2.75, 3.05) is 13.1 Å². The quantitative estimate of drug-likeness (QED) is 0.692. The highest BCUT2D eigenvalue weighted by molar-refractivity contribution is 5.92. The standard InChI is InChI=1S/C22H21N5O/c28-21(18-8-4-12-24-26-18)27-13-5-10-22(15-27)11-9-17-14-23-20(25-19(17)22)16-6-2-1-3-7-16/h1-4,6-8,12,14H,5,9-11,13,15H2. The molecule has 5 rings (SSSR count). The molecule has 1 spiro atoms. The number of hydrogen-bond donors (Lipinski definition) is 0. The number of likely N-dealkylation sites (tertiary alicyclic amines) is 1. The van der Waals surface area contributed by atoms with E-state index in [9.17, 15) is 4.79 Å². The highest BCUT2D eigenvalue weighted by Gasteiger charge is 2.45. The molecule has 0 bridgehead atoms. The fraction of sp³-hybridized carbons (Fsp3) is 0.318. The van der Waals surface area contributed by atoms with Crippen LogP contribution in [0.25, 0.3) is 11.4 Å². The number of rotatable bonds is 2. The van der Waals surface area contributed by atoms with Gasteiger partial charge in [-0.3, -0.25) is 4.79 Å². The summed E-state index contributed by atoms with van der Waals surface area (Å²) < 4.78 is 0. The minimum Gasteiger partial charge on any atom is -0.336 e. The van der Waals surface area contributed by atoms with Crippen molar-refractivity contribution in [2.24, 2.45) is 0 Å². The van der Waals surface area contributed by atoms with Crippen molar-refractivity contribution in [1.82, 2.24) is 25.1 Å². The number of hydrogen-bond acceptors (Lipinski definition) is 5. The van der Waals surface area contributed by atoms with Crippen molar-refractivity contribution in [3.05, 3.63) is 71.8 Å². The van der Waals surface area contributed by atoms with Gasteiger partial charge in [-0.05, 0) is 43.4 Å². The largest absolute Gasteiger partial charge is 0.336 e. The van der Waals surface area contributed by atoms with Crippen LogP contribution in [-0.4, -0.2) is 44.1 Å². The van der Waals surface area contributed by atoms with Gasteiger partial charge < -0.3 is 4.90 Å². The van der Waals surface area contributed by atoms with Crippen LogP contribution in [-0.2, 0) is 11.8 Å². The first kappa shape index (κ1) is 17.0. The Morgan fingerprint density at radius 2 is 1.96 bits per heavy atom. The van der Waals surface area contributed by atoms with Crippen LogP contribution in [0.2, 0.25) is 0 Å². The van der Waals surface area contributed by atoms with Crippen molar-refractivity contribution in [2.45, 2.75) is 31.1 Å². The van der Waals surface area contributed by atoms with Crippen molar-refractivity contribution in [1.29, 1.82) is 0 Å². The van der Waals surface area contributed by atoms with Gasteiger partial charge in [-0.15, -0.1) is 5.10 Å². The molecule has 28 heavy (non-hydrogen) atoms. The molecular weight excluding hydrogens is 350 g/mol. The smallest absolute Gasteiger partial charge is 0.274 e. The molecule has 1 atom stereocenters. The van der Waals surface area contributed by atoms with E-state index >= 15 is 0 Å². The summed E-state index contributed by atoms with van der Waals surface area (Å²) in [5.74, 6) is 0.718. The van der Waals surface area contributed by atoms with E-state index in [1.165, 1.54) is 5.56 Å². The molecule has 6 heteroatoms. The molecule has 0 saturated carbocycles. The van der Waals surface area contributed by atoms with Crippen molar-refractivity contribution >= 4 is 5.91 Å². The molecule has 1 amide bonds. The van der Waals surface area contributed by atoms with Gasteiger partial charge in [0.05, 0.1) is 5.69 Å². The molecule has 6 nitrogen and oxygen atoms in total. The molecule has 2 aliphatic rings. The summed E-state index contributed by atoms with van der Waals surface area (Å²) >= 11 is 0. The van der Waals surface area contributed by atoms with Crippen LogP contribution < -0.4 is 0 Å². The molecule has 0 N–H and O–H groups in total. The lowest BCUT2D eigenvalue weighted by molar-refractivity contribution is 0.0626. The van der Waals surface area contributed by atoms with E-state index in [0.29, 0.717) is 12.2 Å². The predicted octanol–water partition coefficient (Wildman–Crippen LogP) is 3.05. The molecule has 3 aromatic rings. The fourth-order valence-corrected chi connectivity index (χ4v) is 4.55. The van der Waals surface area contributed by atoms with Crippen molar-refractivity contribution in [3.8, 4) is 11.4 Å². The number of carbonyl (C=O) groups is 1. The number of aromatic nitrogens is 4. The Labute approximate surface area is 163 Å². The number of aryl methyl sites for hydroxylation is 1. The second kappa shape index (κ2) is 6.78. The van der Waals surface area contributed by atoms with Crippen LogP contribution >= 0.6 is 0 Å². The predicted molar refractivity (Wildman–Crippen MR) is 105 cm³/mol. The highest BCUT2D eigenvalue weighted by Crippen LogP contribution is 2.44. The van der Waals surface area contributed by atoms with Crippen LogP contribution in [0.3, 0.4) is 0 Å². The van der Waals surface area contributed by atoms with Crippen LogP contribution in [0.5, 0.6) is 0 Å². The Morgan fingerprint density at radius 3 is 2.79 bits per heavy atom. The van der Waals surface area contributed by atoms with E-state index in [1.807, 2.05) is 41.4 Å². The van der Waals surface area contributed by atoms with Gasteiger partial charge in [-0.2, -0.15) is 5.10 Å². The Morgan fingerprint density at radius 1 is 1.07 bits per heavy atom. The summed E-state index contributed by atoms with van der Waals surface area (Å²) in [6.45, 7) is 1.43. The highest BCUT2D eigenvalue weighted by atomic mass is 16.2. The first-order valence-corrected chi connectivity index (χ1v) is 9.74. The van der Waals surface area contributed by atoms with E-state index in [4.69, 9.17) is 4.98 Å². The topological polar surface area (TPSA) is 71.9 Å². The van der Waals surface area contributed by atoms with E-state index in [-0.39, 0.29) is 11.3 Å². The molecule has 3 heterocycles. The number of nitrogens with zero attached hydrogens (tertiary/aromatic N) is 5. The zero-order valence-corrected chi connectivity index (χ0v) is 15.6. The van der Waals surface area contributed by atoms with Crippen molar-refractivity contribution < 1.29 is 4.79 Å². The van der Waals surface area contributed by atoms with Gasteiger partial charge in [0.25, 0.3) is 5.91 Å². The van der Waals surface area contributed by atoms with Crippen LogP contribution in [0.4, 0.5) is 0 Å². The molecule has 140 valence electrons. The van der Waals surface area contributed by atoms with Gasteiger partial charge in [0.2, 0.25) is 0 Å². The molecule has 1 aliphatic carbocycles. The third kappa shape index (κ3) is 2.85. The second-order valence-corrected chi connectivity index (χ2v) is 7.65. The number of piperidine rings is 1. The van der Waals surface area contributed by atoms with Crippen LogP contribution in [0.15, 0.2) is 54.9 Å². The zero-order chi connectivity index (χ0) is 19.0. The number of carbonyl (C=O) groups excluding carboxylic acids is 1. The Hall–Kier alpha value is -3.15. The Kier molecular flexibility index (Phi) is 4.11. The lowest BCUT2D eigenvalue weighted by Gasteiger charge is -2.40. The lowest BCUT2D eigenvalue weighted by Crippen LogP contribution is -2.48. The average molecular weight is 371 g/mol. The van der Waals surface area contributed by atoms with E-state index in [0.717, 1.165) is 49.3 Å². The molecule has 1 fully saturated rings. The van der Waals surface area contributed by atoms with E-state index < -0.39 is 0 Å². The van der Waals surface area contributed by atoms with Gasteiger partial charge in [0.1, 0.15) is 0 Å². The van der Waals surface area contributed by atoms with Gasteiger partial charge >= 0.3 is 0 Å². The normalized spacial score (nSPS) is 20.9. The minimum absolute atomic E-state index is 0.0436. The van der Waals surface area contributed by atoms with Gasteiger partial charge in [0.15, 0.2) is 11.5 Å². The monoisotopic (exact) mass is 371 g/mol. The second-order valence-electron chi connectivity index (χ2n) is 7.65. The molecule has 1 aromatic carbocycles. The maximum Gasteiger partial charge on any atom is 0.274 e. The van der Waals surface area contributed by atoms with Crippen LogP contribution in [0, 0.1) is 0 Å². The summed E-state index contributed by atoms with van der Waals surface area (Å²) in [6, 6.07) is 13.6. The molecule has 0 radical (unpaired) electrons. The maximum atomic E-state index is 12.9. The summed E-state index contributed by atoms with van der Waals surface area (Å²) in [5.41, 5.74) is 3.69. The lowest BCUT2D eigenvalue weighted by atomic mass is 9.77. The fourth-order valence-electron chi connectivity index (χ4n) is 4.55. The molecule has 2 aromatic heterocycles. The summed E-state index contributed by atoms with van der Waals surface area (Å²) in [4.78, 5) is 24.4. The summed E-state index contributed by atoms with van der Waals surface area (Å²) in [5, 5.41) is 7.85. The van der Waals surface area contributed by atoms with Crippen molar-refractivity contribution in [3.63, 3.8) is 0 Å². The van der Waals surface area contributed by atoms with E-state index in [1.54, 1.807) is 18.3 Å². The Bertz CT molecular complexity index is 1000. The average Bonchev–Trinajstić information content (AvgIpc) is 3.11.